The van der Waals surface area contributed by atoms with Crippen molar-refractivity contribution < 1.29 is 61.7 Å². The average molecular weight is 968 g/mol. The summed E-state index contributed by atoms with van der Waals surface area (Å²) in [6, 6.07) is 3.56. The minimum atomic E-state index is -5.12. The van der Waals surface area contributed by atoms with Crippen LogP contribution in [0.3, 0.4) is 0 Å². The topological polar surface area (TPSA) is 145 Å². The molecule has 4 aromatic rings. The maximum atomic E-state index is 15.8. The zero-order chi connectivity index (χ0) is 47.2. The van der Waals surface area contributed by atoms with Gasteiger partial charge in [0, 0.05) is 29.0 Å². The highest BCUT2D eigenvalue weighted by Crippen LogP contribution is 2.70. The molecule has 7 atom stereocenters. The van der Waals surface area contributed by atoms with E-state index in [4.69, 9.17) is 11.6 Å². The molecule has 11 nitrogen and oxygen atoms in total. The predicted octanol–water partition coefficient (Wildman–Crippen LogP) is 7.62. The van der Waals surface area contributed by atoms with Crippen molar-refractivity contribution in [3.05, 3.63) is 76.1 Å². The first-order valence-electron chi connectivity index (χ1n) is 19.1. The first-order valence-corrected chi connectivity index (χ1v) is 23.0. The third kappa shape index (κ3) is 9.33. The Morgan fingerprint density at radius 3 is 2.28 bits per heavy atom. The van der Waals surface area contributed by atoms with E-state index in [0.29, 0.717) is 22.0 Å². The third-order valence-electron chi connectivity index (χ3n) is 11.4. The lowest BCUT2D eigenvalue weighted by molar-refractivity contribution is -0.141. The van der Waals surface area contributed by atoms with Crippen LogP contribution in [0.15, 0.2) is 47.6 Å². The lowest BCUT2D eigenvalue weighted by Crippen LogP contribution is -2.50. The fourth-order valence-corrected chi connectivity index (χ4v) is 9.51. The number of rotatable bonds is 11. The molecule has 0 bridgehead atoms. The molecule has 7 rings (SSSR count). The van der Waals surface area contributed by atoms with Crippen molar-refractivity contribution in [2.45, 2.75) is 68.8 Å². The average Bonchev–Trinajstić information content (AvgIpc) is 3.36. The molecule has 64 heavy (non-hydrogen) atoms. The van der Waals surface area contributed by atoms with E-state index in [-0.39, 0.29) is 38.5 Å². The number of pyridine rings is 1. The Balaban J connectivity index is 1.41. The van der Waals surface area contributed by atoms with Gasteiger partial charge in [0.1, 0.15) is 42.2 Å². The van der Waals surface area contributed by atoms with Crippen molar-refractivity contribution in [2.75, 3.05) is 23.8 Å². The number of carbonyl (C=O) groups is 1. The number of alkyl halides is 8. The number of hydrazone groups is 1. The monoisotopic (exact) mass is 967 g/mol. The highest BCUT2D eigenvalue weighted by molar-refractivity contribution is 7.92. The van der Waals surface area contributed by atoms with Crippen LogP contribution in [0.1, 0.15) is 43.8 Å². The van der Waals surface area contributed by atoms with E-state index in [1.165, 1.54) is 37.4 Å². The lowest BCUT2D eigenvalue weighted by Gasteiger charge is -2.31. The van der Waals surface area contributed by atoms with Gasteiger partial charge in [-0.1, -0.05) is 24.6 Å². The highest BCUT2D eigenvalue weighted by atomic mass is 35.5. The van der Waals surface area contributed by atoms with Gasteiger partial charge in [0.25, 0.3) is 5.92 Å². The molecule has 24 heteroatoms. The van der Waals surface area contributed by atoms with Crippen LogP contribution in [0.2, 0.25) is 5.02 Å². The van der Waals surface area contributed by atoms with Crippen LogP contribution < -0.4 is 10.0 Å². The van der Waals surface area contributed by atoms with Crippen molar-refractivity contribution >= 4 is 61.1 Å². The van der Waals surface area contributed by atoms with Crippen LogP contribution in [0, 0.1) is 47.1 Å². The van der Waals surface area contributed by atoms with E-state index in [1.54, 1.807) is 13.8 Å². The Kier molecular flexibility index (Phi) is 12.0. The van der Waals surface area contributed by atoms with Gasteiger partial charge in [-0.05, 0) is 91.0 Å². The molecule has 2 fully saturated rings. The molecule has 2 aromatic carbocycles. The number of sulfonamides is 1. The molecule has 2 saturated carbocycles. The summed E-state index contributed by atoms with van der Waals surface area (Å²) >= 11 is 4.96. The number of halogens is 11. The lowest BCUT2D eigenvalue weighted by atomic mass is 9.89. The summed E-state index contributed by atoms with van der Waals surface area (Å²) in [7, 11) is -4.18. The number of hydrogen-bond donors (Lipinski definition) is 2. The SMILES string of the molecule is CC1C2C3C(C(F)(F)F)=NN(CC(=O)NC(Cc4cc(F)cc(F)c4)c4nc(C#CC(C)(C)[S+](C)[O-])ccc4-c4ccc(Cl)c5c(NS(C)(=O)=O)nn(CC(F)(F)F)c45)C3C(F)(F)C12. The molecule has 0 saturated heterocycles. The molecule has 7 unspecified atom stereocenters. The van der Waals surface area contributed by atoms with E-state index in [0.717, 1.165) is 12.1 Å². The van der Waals surface area contributed by atoms with Crippen LogP contribution in [0.4, 0.5) is 49.7 Å². The Bertz CT molecular complexity index is 2730. The van der Waals surface area contributed by atoms with E-state index in [9.17, 15) is 52.9 Å². The minimum absolute atomic E-state index is 0.101. The summed E-state index contributed by atoms with van der Waals surface area (Å²) in [6.45, 7) is 1.55. The number of nitrogens with one attached hydrogen (secondary N) is 2. The molecule has 1 aliphatic heterocycles. The summed E-state index contributed by atoms with van der Waals surface area (Å²) in [5.74, 6) is -7.03. The number of amides is 1. The Morgan fingerprint density at radius 2 is 1.69 bits per heavy atom. The van der Waals surface area contributed by atoms with Gasteiger partial charge in [-0.3, -0.25) is 19.2 Å². The molecule has 2 aromatic heterocycles. The maximum absolute atomic E-state index is 15.8. The van der Waals surface area contributed by atoms with Crippen LogP contribution in [-0.4, -0.2) is 92.5 Å². The standard InChI is InChI=1S/C40H36ClF10N7O4S2/c1-18-28-30-34(40(49,50)51)54-57(35(30)39(47,48)31(18)28)16-27(59)53-26(14-19-12-20(42)15-21(43)13-19)32-23(7-6-22(52-32)10-11-37(2,3)63(4)60)24-8-9-25(41)29-33(24)58(17-38(44,45)46)55-36(29)56-64(5,61)62/h6-9,12-13,15,18,26,28,30-31,35H,14,16-17H2,1-5H3,(H,53,59)(H,55,56). The Hall–Kier alpha value is -4.79. The van der Waals surface area contributed by atoms with E-state index >= 15 is 8.78 Å². The molecule has 1 amide bonds. The quantitative estimate of drug-likeness (QED) is 0.0895. The van der Waals surface area contributed by atoms with E-state index in [1.807, 2.05) is 4.72 Å². The summed E-state index contributed by atoms with van der Waals surface area (Å²) in [4.78, 5) is 18.7. The smallest absolute Gasteiger partial charge is 0.431 e. The predicted molar refractivity (Wildman–Crippen MR) is 217 cm³/mol. The molecule has 2 N–H and O–H groups in total. The molecule has 0 radical (unpaired) electrons. The van der Waals surface area contributed by atoms with E-state index in [2.05, 4.69) is 32.3 Å². The van der Waals surface area contributed by atoms with Gasteiger partial charge in [0.05, 0.1) is 40.2 Å². The van der Waals surface area contributed by atoms with E-state index < -0.39 is 134 Å². The van der Waals surface area contributed by atoms with Gasteiger partial charge in [0.15, 0.2) is 10.6 Å². The number of fused-ring (bicyclic) bond motifs is 4. The van der Waals surface area contributed by atoms with Crippen LogP contribution in [0.5, 0.6) is 0 Å². The molecular formula is C40H36ClF10N7O4S2. The zero-order valence-electron chi connectivity index (χ0n) is 34.0. The fourth-order valence-electron chi connectivity index (χ4n) is 8.58. The number of carbonyl (C=O) groups excluding carboxylic acids is 1. The van der Waals surface area contributed by atoms with Crippen molar-refractivity contribution in [3.8, 4) is 23.0 Å². The Morgan fingerprint density at radius 1 is 1.05 bits per heavy atom. The second-order valence-corrected chi connectivity index (χ2v) is 20.5. The highest BCUT2D eigenvalue weighted by Gasteiger charge is 2.80. The summed E-state index contributed by atoms with van der Waals surface area (Å²) in [6.07, 6.45) is -8.55. The molecule has 0 spiro atoms. The Labute approximate surface area is 367 Å². The summed E-state index contributed by atoms with van der Waals surface area (Å²) in [5.41, 5.74) is -2.70. The number of benzene rings is 2. The zero-order valence-corrected chi connectivity index (χ0v) is 36.4. The van der Waals surface area contributed by atoms with Gasteiger partial charge >= 0.3 is 12.4 Å². The maximum Gasteiger partial charge on any atom is 0.431 e. The summed E-state index contributed by atoms with van der Waals surface area (Å²) in [5, 5.41) is 9.69. The third-order valence-corrected chi connectivity index (χ3v) is 13.8. The molecule has 3 aliphatic rings. The molecule has 344 valence electrons. The van der Waals surface area contributed by atoms with Crippen molar-refractivity contribution in [3.63, 3.8) is 0 Å². The second-order valence-electron chi connectivity index (χ2n) is 16.4. The summed E-state index contributed by atoms with van der Waals surface area (Å²) < 4.78 is 184. The van der Waals surface area contributed by atoms with Crippen molar-refractivity contribution in [1.29, 1.82) is 0 Å². The molecule has 3 heterocycles. The second kappa shape index (κ2) is 16.3. The number of nitrogens with zero attached hydrogens (tertiary/aromatic N) is 5. The van der Waals surface area contributed by atoms with Gasteiger partial charge in [-0.15, -0.1) is 0 Å². The van der Waals surface area contributed by atoms with Gasteiger partial charge in [-0.2, -0.15) is 36.5 Å². The van der Waals surface area contributed by atoms with Gasteiger partial charge < -0.3 is 9.87 Å². The van der Waals surface area contributed by atoms with Crippen molar-refractivity contribution in [1.82, 2.24) is 25.1 Å². The van der Waals surface area contributed by atoms with Crippen LogP contribution in [-0.2, 0) is 39.0 Å². The van der Waals surface area contributed by atoms with Gasteiger partial charge in [-0.25, -0.2) is 31.0 Å². The largest absolute Gasteiger partial charge is 0.615 e. The van der Waals surface area contributed by atoms with Gasteiger partial charge in [0.2, 0.25) is 15.9 Å². The van der Waals surface area contributed by atoms with Crippen LogP contribution >= 0.6 is 11.6 Å². The first kappa shape index (κ1) is 47.2. The fraction of sp³-hybridized carbons (Fsp3) is 0.450. The molecule has 2 aliphatic carbocycles. The number of anilines is 1. The normalized spacial score (nSPS) is 22.6. The van der Waals surface area contributed by atoms with Crippen molar-refractivity contribution in [2.24, 2.45) is 28.8 Å². The minimum Gasteiger partial charge on any atom is -0.615 e. The number of aromatic nitrogens is 3. The molecular weight excluding hydrogens is 932 g/mol. The first-order chi connectivity index (χ1) is 29.5. The van der Waals surface area contributed by atoms with Crippen LogP contribution in [0.25, 0.3) is 22.0 Å². The number of hydrogen-bond acceptors (Lipinski definition) is 8.